The standard InChI is InChI=1S/C13H22N4/c1-3-8-17-9-6-12(7-10-17)14-13-5-4-11(2)15-16-13/h4-5,12H,3,6-10H2,1-2H3,(H,14,16). The van der Waals surface area contributed by atoms with Crippen molar-refractivity contribution in [1.29, 1.82) is 0 Å². The summed E-state index contributed by atoms with van der Waals surface area (Å²) in [6.07, 6.45) is 3.66. The Balaban J connectivity index is 1.79. The molecule has 1 aromatic rings. The third kappa shape index (κ3) is 3.66. The maximum Gasteiger partial charge on any atom is 0.148 e. The normalized spacial score (nSPS) is 18.2. The van der Waals surface area contributed by atoms with Gasteiger partial charge in [0.1, 0.15) is 5.82 Å². The van der Waals surface area contributed by atoms with Crippen LogP contribution < -0.4 is 5.32 Å². The number of aromatic nitrogens is 2. The van der Waals surface area contributed by atoms with Gasteiger partial charge in [-0.1, -0.05) is 6.92 Å². The fourth-order valence-corrected chi connectivity index (χ4v) is 2.30. The van der Waals surface area contributed by atoms with Crippen LogP contribution in [-0.4, -0.2) is 40.8 Å². The molecule has 0 bridgehead atoms. The van der Waals surface area contributed by atoms with Crippen molar-refractivity contribution in [3.8, 4) is 0 Å². The molecule has 0 amide bonds. The summed E-state index contributed by atoms with van der Waals surface area (Å²) < 4.78 is 0. The second-order valence-electron chi connectivity index (χ2n) is 4.82. The van der Waals surface area contributed by atoms with Gasteiger partial charge in [-0.15, -0.1) is 5.10 Å². The van der Waals surface area contributed by atoms with Gasteiger partial charge in [-0.2, -0.15) is 5.10 Å². The van der Waals surface area contributed by atoms with Gasteiger partial charge in [-0.25, -0.2) is 0 Å². The average Bonchev–Trinajstić information content (AvgIpc) is 2.35. The first kappa shape index (κ1) is 12.3. The van der Waals surface area contributed by atoms with Gasteiger partial charge in [-0.05, 0) is 44.9 Å². The molecule has 0 saturated carbocycles. The highest BCUT2D eigenvalue weighted by Crippen LogP contribution is 2.14. The van der Waals surface area contributed by atoms with Crippen molar-refractivity contribution in [2.24, 2.45) is 0 Å². The second-order valence-corrected chi connectivity index (χ2v) is 4.82. The number of hydrogen-bond acceptors (Lipinski definition) is 4. The molecule has 1 aliphatic rings. The van der Waals surface area contributed by atoms with Crippen molar-refractivity contribution in [1.82, 2.24) is 15.1 Å². The Bertz CT molecular complexity index is 328. The number of hydrogen-bond donors (Lipinski definition) is 1. The number of nitrogens with zero attached hydrogens (tertiary/aromatic N) is 3. The second kappa shape index (κ2) is 5.96. The Kier molecular flexibility index (Phi) is 4.31. The van der Waals surface area contributed by atoms with Gasteiger partial charge in [0.15, 0.2) is 0 Å². The van der Waals surface area contributed by atoms with Crippen molar-refractivity contribution < 1.29 is 0 Å². The highest BCUT2D eigenvalue weighted by Gasteiger charge is 2.18. The molecule has 17 heavy (non-hydrogen) atoms. The number of piperidine rings is 1. The molecular weight excluding hydrogens is 212 g/mol. The highest BCUT2D eigenvalue weighted by atomic mass is 15.2. The Morgan fingerprint density at radius 2 is 2.06 bits per heavy atom. The average molecular weight is 234 g/mol. The lowest BCUT2D eigenvalue weighted by Crippen LogP contribution is -2.39. The van der Waals surface area contributed by atoms with E-state index in [1.807, 2.05) is 19.1 Å². The predicted molar refractivity (Wildman–Crippen MR) is 70.1 cm³/mol. The molecule has 1 fully saturated rings. The minimum atomic E-state index is 0.556. The first-order valence-corrected chi connectivity index (χ1v) is 6.57. The molecule has 1 aliphatic heterocycles. The largest absolute Gasteiger partial charge is 0.366 e. The van der Waals surface area contributed by atoms with E-state index in [-0.39, 0.29) is 0 Å². The van der Waals surface area contributed by atoms with E-state index >= 15 is 0 Å². The number of likely N-dealkylation sites (tertiary alicyclic amines) is 1. The van der Waals surface area contributed by atoms with Crippen LogP contribution in [0.15, 0.2) is 12.1 Å². The Hall–Kier alpha value is -1.16. The zero-order chi connectivity index (χ0) is 12.1. The van der Waals surface area contributed by atoms with Gasteiger partial charge in [-0.3, -0.25) is 0 Å². The summed E-state index contributed by atoms with van der Waals surface area (Å²) in [4.78, 5) is 2.54. The lowest BCUT2D eigenvalue weighted by atomic mass is 10.0. The zero-order valence-corrected chi connectivity index (χ0v) is 10.8. The minimum absolute atomic E-state index is 0.556. The molecule has 0 spiro atoms. The van der Waals surface area contributed by atoms with Crippen LogP contribution in [0.1, 0.15) is 31.9 Å². The van der Waals surface area contributed by atoms with Crippen LogP contribution in [0, 0.1) is 6.92 Å². The van der Waals surface area contributed by atoms with E-state index in [0.29, 0.717) is 6.04 Å². The van der Waals surface area contributed by atoms with E-state index in [2.05, 4.69) is 27.3 Å². The van der Waals surface area contributed by atoms with Crippen molar-refractivity contribution in [2.45, 2.75) is 39.2 Å². The first-order valence-electron chi connectivity index (χ1n) is 6.57. The van der Waals surface area contributed by atoms with E-state index in [4.69, 9.17) is 0 Å². The molecule has 4 heteroatoms. The smallest absolute Gasteiger partial charge is 0.148 e. The van der Waals surface area contributed by atoms with Crippen LogP contribution in [0.2, 0.25) is 0 Å². The summed E-state index contributed by atoms with van der Waals surface area (Å²) in [6.45, 7) is 7.83. The molecular formula is C13H22N4. The number of aryl methyl sites for hydroxylation is 1. The summed E-state index contributed by atoms with van der Waals surface area (Å²) in [6, 6.07) is 4.57. The predicted octanol–water partition coefficient (Wildman–Crippen LogP) is 2.07. The SMILES string of the molecule is CCCN1CCC(Nc2ccc(C)nn2)CC1. The topological polar surface area (TPSA) is 41.0 Å². The van der Waals surface area contributed by atoms with Crippen molar-refractivity contribution in [2.75, 3.05) is 25.0 Å². The Morgan fingerprint density at radius 1 is 1.29 bits per heavy atom. The van der Waals surface area contributed by atoms with E-state index in [1.165, 1.54) is 38.9 Å². The van der Waals surface area contributed by atoms with Gasteiger partial charge >= 0.3 is 0 Å². The zero-order valence-electron chi connectivity index (χ0n) is 10.8. The van der Waals surface area contributed by atoms with E-state index in [0.717, 1.165) is 11.5 Å². The van der Waals surface area contributed by atoms with Crippen molar-refractivity contribution in [3.05, 3.63) is 17.8 Å². The van der Waals surface area contributed by atoms with Crippen molar-refractivity contribution >= 4 is 5.82 Å². The molecule has 0 atom stereocenters. The molecule has 0 unspecified atom stereocenters. The van der Waals surface area contributed by atoms with Crippen LogP contribution in [0.4, 0.5) is 5.82 Å². The number of rotatable bonds is 4. The summed E-state index contributed by atoms with van der Waals surface area (Å²) in [5.74, 6) is 0.907. The van der Waals surface area contributed by atoms with Crippen LogP contribution in [0.3, 0.4) is 0 Å². The van der Waals surface area contributed by atoms with Gasteiger partial charge in [0.25, 0.3) is 0 Å². The van der Waals surface area contributed by atoms with Gasteiger partial charge in [0, 0.05) is 19.1 Å². The maximum absolute atomic E-state index is 4.15. The van der Waals surface area contributed by atoms with Gasteiger partial charge in [0.2, 0.25) is 0 Å². The molecule has 0 aliphatic carbocycles. The highest BCUT2D eigenvalue weighted by molar-refractivity contribution is 5.34. The summed E-state index contributed by atoms with van der Waals surface area (Å²) in [5, 5.41) is 11.7. The molecule has 0 radical (unpaired) electrons. The molecule has 2 rings (SSSR count). The molecule has 0 aromatic carbocycles. The first-order chi connectivity index (χ1) is 8.28. The molecule has 94 valence electrons. The third-order valence-electron chi connectivity index (χ3n) is 3.28. The monoisotopic (exact) mass is 234 g/mol. The van der Waals surface area contributed by atoms with Crippen LogP contribution in [0.25, 0.3) is 0 Å². The van der Waals surface area contributed by atoms with Crippen LogP contribution in [0.5, 0.6) is 0 Å². The Labute approximate surface area is 103 Å². The number of nitrogens with one attached hydrogen (secondary N) is 1. The number of anilines is 1. The molecule has 1 N–H and O–H groups in total. The van der Waals surface area contributed by atoms with Gasteiger partial charge < -0.3 is 10.2 Å². The molecule has 4 nitrogen and oxygen atoms in total. The van der Waals surface area contributed by atoms with Crippen molar-refractivity contribution in [3.63, 3.8) is 0 Å². The van der Waals surface area contributed by atoms with Gasteiger partial charge in [0.05, 0.1) is 5.69 Å². The van der Waals surface area contributed by atoms with E-state index in [9.17, 15) is 0 Å². The van der Waals surface area contributed by atoms with Crippen LogP contribution in [-0.2, 0) is 0 Å². The Morgan fingerprint density at radius 3 is 2.65 bits per heavy atom. The fraction of sp³-hybridized carbons (Fsp3) is 0.692. The minimum Gasteiger partial charge on any atom is -0.366 e. The molecule has 1 aromatic heterocycles. The molecule has 2 heterocycles. The third-order valence-corrected chi connectivity index (χ3v) is 3.28. The maximum atomic E-state index is 4.15. The summed E-state index contributed by atoms with van der Waals surface area (Å²) in [7, 11) is 0. The molecule has 1 saturated heterocycles. The van der Waals surface area contributed by atoms with E-state index < -0.39 is 0 Å². The summed E-state index contributed by atoms with van der Waals surface area (Å²) >= 11 is 0. The fourth-order valence-electron chi connectivity index (χ4n) is 2.30. The van der Waals surface area contributed by atoms with E-state index in [1.54, 1.807) is 0 Å². The van der Waals surface area contributed by atoms with Crippen LogP contribution >= 0.6 is 0 Å². The lowest BCUT2D eigenvalue weighted by Gasteiger charge is -2.32. The lowest BCUT2D eigenvalue weighted by molar-refractivity contribution is 0.219. The summed E-state index contributed by atoms with van der Waals surface area (Å²) in [5.41, 5.74) is 0.966. The quantitative estimate of drug-likeness (QED) is 0.866.